The number of benzene rings is 1. The average molecular weight is 400 g/mol. The highest BCUT2D eigenvalue weighted by atomic mass is 35.5. The molecule has 0 fully saturated rings. The first-order valence-corrected chi connectivity index (χ1v) is 9.86. The van der Waals surface area contributed by atoms with Gasteiger partial charge in [0.2, 0.25) is 11.8 Å². The predicted molar refractivity (Wildman–Crippen MR) is 112 cm³/mol. The lowest BCUT2D eigenvalue weighted by Gasteiger charge is -2.28. The number of pyridine rings is 1. The van der Waals surface area contributed by atoms with Crippen LogP contribution in [0.25, 0.3) is 0 Å². The summed E-state index contributed by atoms with van der Waals surface area (Å²) in [4.78, 5) is 16.8. The third-order valence-corrected chi connectivity index (χ3v) is 4.89. The van der Waals surface area contributed by atoms with E-state index in [-0.39, 0.29) is 11.4 Å². The molecular formula is C22H26ClN3O2. The number of aryl methyl sites for hydroxylation is 2. The fourth-order valence-electron chi connectivity index (χ4n) is 3.42. The Bertz CT molecular complexity index is 871. The van der Waals surface area contributed by atoms with Crippen molar-refractivity contribution in [2.75, 3.05) is 6.61 Å². The van der Waals surface area contributed by atoms with Gasteiger partial charge in [-0.3, -0.25) is 4.79 Å². The lowest BCUT2D eigenvalue weighted by atomic mass is 9.93. The van der Waals surface area contributed by atoms with E-state index in [1.807, 2.05) is 0 Å². The summed E-state index contributed by atoms with van der Waals surface area (Å²) in [5.74, 6) is 0.519. The zero-order chi connectivity index (χ0) is 20.3. The normalized spacial score (nSPS) is 15.5. The maximum absolute atomic E-state index is 12.8. The molecule has 0 N–H and O–H groups in total. The SMILES string of the molecule is Cc1cc(C)cc(C2=NN(C(=O)CCCOc3ccc(Cl)cn3)C(C)(C)C2)c1. The fraction of sp³-hybridized carbons (Fsp3) is 0.409. The molecule has 28 heavy (non-hydrogen) atoms. The first-order valence-electron chi connectivity index (χ1n) is 9.48. The lowest BCUT2D eigenvalue weighted by molar-refractivity contribution is -0.135. The van der Waals surface area contributed by atoms with Crippen molar-refractivity contribution in [2.45, 2.75) is 52.5 Å². The number of rotatable bonds is 6. The molecule has 1 aromatic carbocycles. The molecule has 0 bridgehead atoms. The molecule has 6 heteroatoms. The maximum atomic E-state index is 12.8. The minimum atomic E-state index is -0.331. The quantitative estimate of drug-likeness (QED) is 0.647. The summed E-state index contributed by atoms with van der Waals surface area (Å²) in [7, 11) is 0. The van der Waals surface area contributed by atoms with E-state index in [4.69, 9.17) is 16.3 Å². The molecule has 0 atom stereocenters. The number of hydrazone groups is 1. The molecule has 0 saturated carbocycles. The molecule has 0 unspecified atom stereocenters. The number of carbonyl (C=O) groups is 1. The Kier molecular flexibility index (Phi) is 6.04. The van der Waals surface area contributed by atoms with E-state index >= 15 is 0 Å². The molecule has 2 aromatic rings. The Morgan fingerprint density at radius 2 is 1.93 bits per heavy atom. The van der Waals surface area contributed by atoms with Crippen molar-refractivity contribution in [3.8, 4) is 5.88 Å². The topological polar surface area (TPSA) is 54.8 Å². The standard InChI is InChI=1S/C22H26ClN3O2/c1-15-10-16(2)12-17(11-15)19-13-22(3,4)26(25-19)21(27)6-5-9-28-20-8-7-18(23)14-24-20/h7-8,10-12,14H,5-6,9,13H2,1-4H3. The number of amides is 1. The van der Waals surface area contributed by atoms with Gasteiger partial charge in [0.15, 0.2) is 0 Å². The molecule has 0 radical (unpaired) electrons. The number of aromatic nitrogens is 1. The van der Waals surface area contributed by atoms with Crippen LogP contribution in [-0.2, 0) is 4.79 Å². The Labute approximate surface area is 171 Å². The van der Waals surface area contributed by atoms with Crippen LogP contribution in [0.1, 0.15) is 49.8 Å². The molecule has 1 aliphatic rings. The van der Waals surface area contributed by atoms with Crippen molar-refractivity contribution in [1.82, 2.24) is 9.99 Å². The van der Waals surface area contributed by atoms with E-state index in [1.165, 1.54) is 17.3 Å². The van der Waals surface area contributed by atoms with Gasteiger partial charge in [0, 0.05) is 25.1 Å². The van der Waals surface area contributed by atoms with Gasteiger partial charge in [-0.1, -0.05) is 40.9 Å². The summed E-state index contributed by atoms with van der Waals surface area (Å²) in [6, 6.07) is 9.84. The van der Waals surface area contributed by atoms with Crippen molar-refractivity contribution in [1.29, 1.82) is 0 Å². The van der Waals surface area contributed by atoms with Gasteiger partial charge in [-0.15, -0.1) is 0 Å². The monoisotopic (exact) mass is 399 g/mol. The average Bonchev–Trinajstić information content (AvgIpc) is 2.95. The molecule has 2 heterocycles. The predicted octanol–water partition coefficient (Wildman–Crippen LogP) is 4.93. The first-order chi connectivity index (χ1) is 13.2. The van der Waals surface area contributed by atoms with Crippen LogP contribution >= 0.6 is 11.6 Å². The van der Waals surface area contributed by atoms with Crippen molar-refractivity contribution in [2.24, 2.45) is 5.10 Å². The third-order valence-electron chi connectivity index (χ3n) is 4.67. The van der Waals surface area contributed by atoms with Crippen LogP contribution in [0.2, 0.25) is 5.02 Å². The molecule has 1 aliphatic heterocycles. The van der Waals surface area contributed by atoms with E-state index in [2.05, 4.69) is 56.0 Å². The molecule has 1 aromatic heterocycles. The van der Waals surface area contributed by atoms with Gasteiger partial charge in [0.05, 0.1) is 22.9 Å². The van der Waals surface area contributed by atoms with Crippen molar-refractivity contribution in [3.63, 3.8) is 0 Å². The summed E-state index contributed by atoms with van der Waals surface area (Å²) >= 11 is 5.81. The highest BCUT2D eigenvalue weighted by Gasteiger charge is 2.38. The van der Waals surface area contributed by atoms with Crippen molar-refractivity contribution in [3.05, 3.63) is 58.2 Å². The van der Waals surface area contributed by atoms with E-state index < -0.39 is 0 Å². The van der Waals surface area contributed by atoms with Crippen LogP contribution < -0.4 is 4.74 Å². The van der Waals surface area contributed by atoms with Crippen LogP contribution in [0.5, 0.6) is 5.88 Å². The number of ether oxygens (including phenoxy) is 1. The number of carbonyl (C=O) groups excluding carboxylic acids is 1. The Morgan fingerprint density at radius 1 is 1.21 bits per heavy atom. The summed E-state index contributed by atoms with van der Waals surface area (Å²) in [5, 5.41) is 6.88. The van der Waals surface area contributed by atoms with Crippen LogP contribution in [0.15, 0.2) is 41.6 Å². The largest absolute Gasteiger partial charge is 0.478 e. The molecule has 3 rings (SSSR count). The minimum absolute atomic E-state index is 0.0111. The second-order valence-corrected chi connectivity index (χ2v) is 8.32. The van der Waals surface area contributed by atoms with Gasteiger partial charge in [-0.05, 0) is 45.7 Å². The van der Waals surface area contributed by atoms with E-state index in [1.54, 1.807) is 17.1 Å². The fourth-order valence-corrected chi connectivity index (χ4v) is 3.54. The number of hydrogen-bond acceptors (Lipinski definition) is 4. The maximum Gasteiger partial charge on any atom is 0.243 e. The minimum Gasteiger partial charge on any atom is -0.478 e. The smallest absolute Gasteiger partial charge is 0.243 e. The van der Waals surface area contributed by atoms with Crippen LogP contribution in [0.3, 0.4) is 0 Å². The van der Waals surface area contributed by atoms with Gasteiger partial charge in [0.25, 0.3) is 0 Å². The summed E-state index contributed by atoms with van der Waals surface area (Å²) in [5.41, 5.74) is 4.13. The number of nitrogens with zero attached hydrogens (tertiary/aromatic N) is 3. The van der Waals surface area contributed by atoms with E-state index in [0.29, 0.717) is 30.4 Å². The molecular weight excluding hydrogens is 374 g/mol. The highest BCUT2D eigenvalue weighted by Crippen LogP contribution is 2.30. The third kappa shape index (κ3) is 4.90. The van der Waals surface area contributed by atoms with Crippen LogP contribution in [0, 0.1) is 13.8 Å². The lowest BCUT2D eigenvalue weighted by Crippen LogP contribution is -2.40. The molecule has 0 saturated heterocycles. The van der Waals surface area contributed by atoms with Gasteiger partial charge in [-0.25, -0.2) is 9.99 Å². The molecule has 0 aliphatic carbocycles. The van der Waals surface area contributed by atoms with E-state index in [0.717, 1.165) is 17.7 Å². The zero-order valence-electron chi connectivity index (χ0n) is 16.8. The summed E-state index contributed by atoms with van der Waals surface area (Å²) < 4.78 is 5.57. The summed E-state index contributed by atoms with van der Waals surface area (Å²) in [6.07, 6.45) is 3.26. The number of hydrogen-bond donors (Lipinski definition) is 0. The van der Waals surface area contributed by atoms with Crippen molar-refractivity contribution >= 4 is 23.2 Å². The Balaban J connectivity index is 1.60. The van der Waals surface area contributed by atoms with Gasteiger partial charge in [-0.2, -0.15) is 5.10 Å². The molecule has 1 amide bonds. The van der Waals surface area contributed by atoms with Gasteiger partial charge >= 0.3 is 0 Å². The molecule has 5 nitrogen and oxygen atoms in total. The van der Waals surface area contributed by atoms with Crippen LogP contribution in [0.4, 0.5) is 0 Å². The number of halogens is 1. The van der Waals surface area contributed by atoms with Gasteiger partial charge in [0.1, 0.15) is 0 Å². The zero-order valence-corrected chi connectivity index (χ0v) is 17.6. The van der Waals surface area contributed by atoms with E-state index in [9.17, 15) is 4.79 Å². The van der Waals surface area contributed by atoms with Crippen LogP contribution in [-0.4, -0.2) is 33.8 Å². The molecule has 148 valence electrons. The highest BCUT2D eigenvalue weighted by molar-refractivity contribution is 6.30. The summed E-state index contributed by atoms with van der Waals surface area (Å²) in [6.45, 7) is 8.68. The Morgan fingerprint density at radius 3 is 2.57 bits per heavy atom. The first kappa shape index (κ1) is 20.3. The van der Waals surface area contributed by atoms with Crippen molar-refractivity contribution < 1.29 is 9.53 Å². The second-order valence-electron chi connectivity index (χ2n) is 7.88. The Hall–Kier alpha value is -2.40. The second kappa shape index (κ2) is 8.31. The van der Waals surface area contributed by atoms with Gasteiger partial charge < -0.3 is 4.74 Å². The molecule has 0 spiro atoms.